The fourth-order valence-corrected chi connectivity index (χ4v) is 2.05. The van der Waals surface area contributed by atoms with Gasteiger partial charge in [-0.05, 0) is 25.1 Å². The zero-order valence-electron chi connectivity index (χ0n) is 12.8. The van der Waals surface area contributed by atoms with E-state index in [1.165, 1.54) is 0 Å². The average molecular weight is 300 g/mol. The summed E-state index contributed by atoms with van der Waals surface area (Å²) in [5, 5.41) is 5.62. The second-order valence-corrected chi connectivity index (χ2v) is 4.60. The summed E-state index contributed by atoms with van der Waals surface area (Å²) < 4.78 is 10.6. The van der Waals surface area contributed by atoms with E-state index in [9.17, 15) is 4.79 Å². The van der Waals surface area contributed by atoms with Crippen LogP contribution in [0, 0.1) is 0 Å². The first kappa shape index (κ1) is 15.9. The number of hydrogen-bond donors (Lipinski definition) is 2. The van der Waals surface area contributed by atoms with Crippen LogP contribution in [0.15, 0.2) is 48.5 Å². The molecule has 0 fully saturated rings. The van der Waals surface area contributed by atoms with Crippen LogP contribution in [-0.4, -0.2) is 19.7 Å². The van der Waals surface area contributed by atoms with Gasteiger partial charge in [0.1, 0.15) is 5.75 Å². The molecule has 22 heavy (non-hydrogen) atoms. The van der Waals surface area contributed by atoms with Gasteiger partial charge in [-0.1, -0.05) is 30.3 Å². The van der Waals surface area contributed by atoms with E-state index in [0.717, 1.165) is 11.3 Å². The molecule has 2 rings (SSSR count). The Labute approximate surface area is 130 Å². The smallest absolute Gasteiger partial charge is 0.323 e. The summed E-state index contributed by atoms with van der Waals surface area (Å²) in [6.07, 6.45) is 0. The number of urea groups is 1. The monoisotopic (exact) mass is 300 g/mol. The molecule has 0 heterocycles. The lowest BCUT2D eigenvalue weighted by atomic mass is 10.2. The highest BCUT2D eigenvalue weighted by Gasteiger charge is 2.09. The number of carbonyl (C=O) groups is 1. The van der Waals surface area contributed by atoms with Gasteiger partial charge in [0.15, 0.2) is 0 Å². The topological polar surface area (TPSA) is 59.6 Å². The van der Waals surface area contributed by atoms with Gasteiger partial charge in [0.25, 0.3) is 0 Å². The van der Waals surface area contributed by atoms with Gasteiger partial charge in [-0.25, -0.2) is 4.79 Å². The highest BCUT2D eigenvalue weighted by Crippen LogP contribution is 2.24. The van der Waals surface area contributed by atoms with Gasteiger partial charge in [-0.15, -0.1) is 0 Å². The molecule has 0 aliphatic carbocycles. The molecule has 0 saturated carbocycles. The molecule has 2 N–H and O–H groups in total. The van der Waals surface area contributed by atoms with E-state index in [0.29, 0.717) is 24.7 Å². The minimum absolute atomic E-state index is 0.323. The minimum Gasteiger partial charge on any atom is -0.492 e. The molecule has 2 aromatic rings. The van der Waals surface area contributed by atoms with Crippen molar-refractivity contribution in [3.05, 3.63) is 54.1 Å². The SMILES string of the molecule is CCOc1ccccc1NC(=O)Nc1ccccc1COC. The van der Waals surface area contributed by atoms with Crippen LogP contribution in [0.25, 0.3) is 0 Å². The number of hydrogen-bond acceptors (Lipinski definition) is 3. The van der Waals surface area contributed by atoms with Crippen molar-refractivity contribution in [3.63, 3.8) is 0 Å². The van der Waals surface area contributed by atoms with Gasteiger partial charge in [0.05, 0.1) is 18.9 Å². The van der Waals surface area contributed by atoms with Gasteiger partial charge in [-0.2, -0.15) is 0 Å². The number of carbonyl (C=O) groups excluding carboxylic acids is 1. The van der Waals surface area contributed by atoms with E-state index < -0.39 is 0 Å². The van der Waals surface area contributed by atoms with Gasteiger partial charge < -0.3 is 20.1 Å². The summed E-state index contributed by atoms with van der Waals surface area (Å²) in [5.74, 6) is 0.644. The molecular formula is C17H20N2O3. The van der Waals surface area contributed by atoms with E-state index in [1.807, 2.05) is 49.4 Å². The Morgan fingerprint density at radius 2 is 1.64 bits per heavy atom. The molecule has 0 spiro atoms. The summed E-state index contributed by atoms with van der Waals surface area (Å²) in [7, 11) is 1.62. The maximum absolute atomic E-state index is 12.2. The van der Waals surface area contributed by atoms with Crippen LogP contribution in [0.3, 0.4) is 0 Å². The Balaban J connectivity index is 2.08. The molecule has 0 unspecified atom stereocenters. The number of rotatable bonds is 6. The van der Waals surface area contributed by atoms with Crippen LogP contribution in [0.4, 0.5) is 16.2 Å². The Hall–Kier alpha value is -2.53. The Kier molecular flexibility index (Phi) is 5.80. The first-order chi connectivity index (χ1) is 10.7. The molecule has 2 amide bonds. The van der Waals surface area contributed by atoms with Crippen molar-refractivity contribution in [1.29, 1.82) is 0 Å². The predicted molar refractivity (Wildman–Crippen MR) is 87.4 cm³/mol. The summed E-state index contributed by atoms with van der Waals surface area (Å²) in [4.78, 5) is 12.2. The molecule has 116 valence electrons. The molecule has 0 atom stereocenters. The summed E-state index contributed by atoms with van der Waals surface area (Å²) >= 11 is 0. The third kappa shape index (κ3) is 4.23. The molecule has 5 heteroatoms. The number of amides is 2. The van der Waals surface area contributed by atoms with E-state index in [4.69, 9.17) is 9.47 Å². The van der Waals surface area contributed by atoms with Crippen molar-refractivity contribution >= 4 is 17.4 Å². The number of anilines is 2. The Bertz CT molecular complexity index is 575. The van der Waals surface area contributed by atoms with Crippen molar-refractivity contribution in [2.24, 2.45) is 0 Å². The first-order valence-corrected chi connectivity index (χ1v) is 7.11. The predicted octanol–water partition coefficient (Wildman–Crippen LogP) is 3.88. The Morgan fingerprint density at radius 1 is 1.00 bits per heavy atom. The fourth-order valence-electron chi connectivity index (χ4n) is 2.05. The van der Waals surface area contributed by atoms with E-state index >= 15 is 0 Å². The maximum Gasteiger partial charge on any atom is 0.323 e. The summed E-state index contributed by atoms with van der Waals surface area (Å²) in [6.45, 7) is 2.88. The van der Waals surface area contributed by atoms with E-state index in [-0.39, 0.29) is 6.03 Å². The zero-order chi connectivity index (χ0) is 15.8. The molecule has 0 bridgehead atoms. The second-order valence-electron chi connectivity index (χ2n) is 4.60. The highest BCUT2D eigenvalue weighted by molar-refractivity contribution is 6.01. The number of para-hydroxylation sites is 3. The molecule has 0 aromatic heterocycles. The summed E-state index contributed by atoms with van der Waals surface area (Å²) in [5.41, 5.74) is 2.26. The van der Waals surface area contributed by atoms with Gasteiger partial charge >= 0.3 is 6.03 Å². The van der Waals surface area contributed by atoms with Crippen LogP contribution >= 0.6 is 0 Å². The first-order valence-electron chi connectivity index (χ1n) is 7.11. The maximum atomic E-state index is 12.2. The van der Waals surface area contributed by atoms with Crippen molar-refractivity contribution < 1.29 is 14.3 Å². The molecule has 0 saturated heterocycles. The lowest BCUT2D eigenvalue weighted by Crippen LogP contribution is -2.20. The second kappa shape index (κ2) is 8.05. The fraction of sp³-hybridized carbons (Fsp3) is 0.235. The zero-order valence-corrected chi connectivity index (χ0v) is 12.8. The third-order valence-electron chi connectivity index (χ3n) is 3.00. The normalized spacial score (nSPS) is 10.1. The largest absolute Gasteiger partial charge is 0.492 e. The lowest BCUT2D eigenvalue weighted by molar-refractivity contribution is 0.185. The van der Waals surface area contributed by atoms with Crippen LogP contribution in [0.2, 0.25) is 0 Å². The molecule has 0 aliphatic rings. The van der Waals surface area contributed by atoms with Gasteiger partial charge in [0, 0.05) is 18.4 Å². The minimum atomic E-state index is -0.323. The van der Waals surface area contributed by atoms with Crippen molar-refractivity contribution in [2.45, 2.75) is 13.5 Å². The van der Waals surface area contributed by atoms with Crippen molar-refractivity contribution in [2.75, 3.05) is 24.4 Å². The molecular weight excluding hydrogens is 280 g/mol. The van der Waals surface area contributed by atoms with Crippen molar-refractivity contribution in [1.82, 2.24) is 0 Å². The molecule has 0 radical (unpaired) electrons. The molecule has 0 aliphatic heterocycles. The third-order valence-corrected chi connectivity index (χ3v) is 3.00. The van der Waals surface area contributed by atoms with E-state index in [1.54, 1.807) is 13.2 Å². The number of methoxy groups -OCH3 is 1. The van der Waals surface area contributed by atoms with Crippen LogP contribution in [-0.2, 0) is 11.3 Å². The summed E-state index contributed by atoms with van der Waals surface area (Å²) in [6, 6.07) is 14.5. The van der Waals surface area contributed by atoms with Crippen molar-refractivity contribution in [3.8, 4) is 5.75 Å². The van der Waals surface area contributed by atoms with Crippen LogP contribution < -0.4 is 15.4 Å². The van der Waals surface area contributed by atoms with Crippen LogP contribution in [0.5, 0.6) is 5.75 Å². The molecule has 5 nitrogen and oxygen atoms in total. The Morgan fingerprint density at radius 3 is 2.36 bits per heavy atom. The highest BCUT2D eigenvalue weighted by atomic mass is 16.5. The van der Waals surface area contributed by atoms with Gasteiger partial charge in [-0.3, -0.25) is 0 Å². The average Bonchev–Trinajstić information content (AvgIpc) is 2.52. The lowest BCUT2D eigenvalue weighted by Gasteiger charge is -2.13. The number of ether oxygens (including phenoxy) is 2. The molecule has 2 aromatic carbocycles. The number of benzene rings is 2. The standard InChI is InChI=1S/C17H20N2O3/c1-3-22-16-11-7-6-10-15(16)19-17(20)18-14-9-5-4-8-13(14)12-21-2/h4-11H,3,12H2,1-2H3,(H2,18,19,20). The van der Waals surface area contributed by atoms with Crippen LogP contribution in [0.1, 0.15) is 12.5 Å². The van der Waals surface area contributed by atoms with E-state index in [2.05, 4.69) is 10.6 Å². The number of nitrogens with one attached hydrogen (secondary N) is 2. The quantitative estimate of drug-likeness (QED) is 0.851. The van der Waals surface area contributed by atoms with Gasteiger partial charge in [0.2, 0.25) is 0 Å².